The fourth-order valence-corrected chi connectivity index (χ4v) is 3.13. The number of rotatable bonds is 4. The summed E-state index contributed by atoms with van der Waals surface area (Å²) < 4.78 is 44.1. The molecular weight excluding hydrogens is 414 g/mol. The Morgan fingerprint density at radius 3 is 2.69 bits per heavy atom. The average Bonchev–Trinajstić information content (AvgIpc) is 3.34. The maximum atomic E-state index is 13.0. The number of aromatic nitrogens is 4. The van der Waals surface area contributed by atoms with Gasteiger partial charge in [-0.1, -0.05) is 0 Å². The third-order valence-electron chi connectivity index (χ3n) is 4.09. The Hall–Kier alpha value is -2.49. The van der Waals surface area contributed by atoms with Gasteiger partial charge in [0.15, 0.2) is 11.5 Å². The zero-order valence-corrected chi connectivity index (χ0v) is 15.3. The molecule has 1 aliphatic heterocycles. The van der Waals surface area contributed by atoms with Crippen LogP contribution in [0.4, 0.5) is 8.78 Å². The van der Waals surface area contributed by atoms with Crippen LogP contribution < -0.4 is 9.47 Å². The van der Waals surface area contributed by atoms with Gasteiger partial charge in [0, 0.05) is 5.56 Å². The third-order valence-corrected chi connectivity index (χ3v) is 5.07. The SMILES string of the molecule is Cc1c(Br)c(C(F)F)nn1[C@H](C)c1nnc(-c2ccc3c(c2)OCO3)o1. The number of halogens is 3. The van der Waals surface area contributed by atoms with Crippen LogP contribution in [0.15, 0.2) is 27.1 Å². The molecule has 0 unspecified atom stereocenters. The maximum Gasteiger partial charge on any atom is 0.283 e. The van der Waals surface area contributed by atoms with Gasteiger partial charge in [0.05, 0.1) is 10.2 Å². The first-order chi connectivity index (χ1) is 12.5. The summed E-state index contributed by atoms with van der Waals surface area (Å²) in [5.74, 6) is 1.81. The Morgan fingerprint density at radius 1 is 1.19 bits per heavy atom. The minimum absolute atomic E-state index is 0.171. The predicted octanol–water partition coefficient (Wildman–Crippen LogP) is 4.28. The lowest BCUT2D eigenvalue weighted by atomic mass is 10.2. The Morgan fingerprint density at radius 2 is 1.96 bits per heavy atom. The van der Waals surface area contributed by atoms with Gasteiger partial charge in [0.2, 0.25) is 18.6 Å². The molecule has 0 saturated heterocycles. The van der Waals surface area contributed by atoms with Gasteiger partial charge in [-0.25, -0.2) is 8.78 Å². The van der Waals surface area contributed by atoms with Crippen LogP contribution in [0.2, 0.25) is 0 Å². The number of hydrogen-bond acceptors (Lipinski definition) is 6. The number of fused-ring (bicyclic) bond motifs is 1. The minimum Gasteiger partial charge on any atom is -0.454 e. The van der Waals surface area contributed by atoms with Gasteiger partial charge in [-0.05, 0) is 48.0 Å². The second-order valence-corrected chi connectivity index (χ2v) is 6.51. The van der Waals surface area contributed by atoms with Gasteiger partial charge in [0.1, 0.15) is 11.7 Å². The highest BCUT2D eigenvalue weighted by Gasteiger charge is 2.26. The molecule has 0 radical (unpaired) electrons. The summed E-state index contributed by atoms with van der Waals surface area (Å²) in [4.78, 5) is 0. The van der Waals surface area contributed by atoms with Crippen molar-refractivity contribution in [2.45, 2.75) is 26.3 Å². The molecule has 7 nitrogen and oxygen atoms in total. The van der Waals surface area contributed by atoms with Crippen molar-refractivity contribution in [2.75, 3.05) is 6.79 Å². The first-order valence-electron chi connectivity index (χ1n) is 7.71. The molecular formula is C16H13BrF2N4O3. The second-order valence-electron chi connectivity index (χ2n) is 5.72. The highest BCUT2D eigenvalue weighted by molar-refractivity contribution is 9.10. The molecule has 0 aliphatic carbocycles. The Balaban J connectivity index is 1.65. The van der Waals surface area contributed by atoms with E-state index < -0.39 is 12.5 Å². The molecule has 3 heterocycles. The number of nitrogens with zero attached hydrogens (tertiary/aromatic N) is 4. The number of ether oxygens (including phenoxy) is 2. The van der Waals surface area contributed by atoms with Crippen molar-refractivity contribution in [3.05, 3.63) is 40.0 Å². The van der Waals surface area contributed by atoms with E-state index in [2.05, 4.69) is 31.2 Å². The lowest BCUT2D eigenvalue weighted by Gasteiger charge is -2.09. The van der Waals surface area contributed by atoms with Crippen LogP contribution in [0.25, 0.3) is 11.5 Å². The van der Waals surface area contributed by atoms with Crippen molar-refractivity contribution in [1.82, 2.24) is 20.0 Å². The first-order valence-corrected chi connectivity index (χ1v) is 8.51. The molecule has 2 aromatic heterocycles. The van der Waals surface area contributed by atoms with E-state index in [0.717, 1.165) is 0 Å². The van der Waals surface area contributed by atoms with Crippen molar-refractivity contribution in [3.63, 3.8) is 0 Å². The molecule has 0 N–H and O–H groups in total. The van der Waals surface area contributed by atoms with Gasteiger partial charge in [-0.15, -0.1) is 10.2 Å². The summed E-state index contributed by atoms with van der Waals surface area (Å²) in [7, 11) is 0. The molecule has 1 aromatic carbocycles. The van der Waals surface area contributed by atoms with Crippen molar-refractivity contribution < 1.29 is 22.7 Å². The second kappa shape index (κ2) is 6.35. The van der Waals surface area contributed by atoms with Crippen LogP contribution in [-0.4, -0.2) is 26.8 Å². The summed E-state index contributed by atoms with van der Waals surface area (Å²) in [5.41, 5.74) is 0.910. The van der Waals surface area contributed by atoms with Crippen LogP contribution >= 0.6 is 15.9 Å². The lowest BCUT2D eigenvalue weighted by molar-refractivity contribution is 0.144. The van der Waals surface area contributed by atoms with E-state index in [1.807, 2.05) is 0 Å². The van der Waals surface area contributed by atoms with E-state index in [9.17, 15) is 8.78 Å². The van der Waals surface area contributed by atoms with Crippen molar-refractivity contribution in [2.24, 2.45) is 0 Å². The molecule has 26 heavy (non-hydrogen) atoms. The molecule has 0 amide bonds. The van der Waals surface area contributed by atoms with E-state index in [1.165, 1.54) is 4.68 Å². The zero-order valence-electron chi connectivity index (χ0n) is 13.7. The van der Waals surface area contributed by atoms with Crippen molar-refractivity contribution >= 4 is 15.9 Å². The quantitative estimate of drug-likeness (QED) is 0.619. The summed E-state index contributed by atoms with van der Waals surface area (Å²) in [6, 6.07) is 4.78. The largest absolute Gasteiger partial charge is 0.454 e. The molecule has 0 saturated carbocycles. The van der Waals surface area contributed by atoms with E-state index in [-0.39, 0.29) is 22.9 Å². The normalized spacial score (nSPS) is 14.2. The predicted molar refractivity (Wildman–Crippen MR) is 89.3 cm³/mol. The average molecular weight is 427 g/mol. The molecule has 3 aromatic rings. The van der Waals surface area contributed by atoms with Gasteiger partial charge < -0.3 is 13.9 Å². The number of hydrogen-bond donors (Lipinski definition) is 0. The first kappa shape index (κ1) is 17.0. The summed E-state index contributed by atoms with van der Waals surface area (Å²) >= 11 is 3.16. The van der Waals surface area contributed by atoms with Crippen LogP contribution in [-0.2, 0) is 0 Å². The van der Waals surface area contributed by atoms with Crippen LogP contribution in [0.1, 0.15) is 36.7 Å². The lowest BCUT2D eigenvalue weighted by Crippen LogP contribution is -2.11. The van der Waals surface area contributed by atoms with E-state index in [4.69, 9.17) is 13.9 Å². The molecule has 4 rings (SSSR count). The van der Waals surface area contributed by atoms with Gasteiger partial charge in [-0.2, -0.15) is 5.10 Å². The third kappa shape index (κ3) is 2.74. The standard InChI is InChI=1S/C16H13BrF2N4O3/c1-7-12(17)13(14(18)19)22-23(7)8(2)15-20-21-16(26-15)9-3-4-10-11(5-9)25-6-24-10/h3-5,8,14H,6H2,1-2H3/t8-/m1/s1. The smallest absolute Gasteiger partial charge is 0.283 e. The molecule has 1 atom stereocenters. The zero-order chi connectivity index (χ0) is 18.4. The highest BCUT2D eigenvalue weighted by Crippen LogP contribution is 2.36. The number of alkyl halides is 2. The fourth-order valence-electron chi connectivity index (χ4n) is 2.69. The Bertz CT molecular complexity index is 973. The molecule has 0 spiro atoms. The Kier molecular flexibility index (Phi) is 4.14. The van der Waals surface area contributed by atoms with Crippen molar-refractivity contribution in [1.29, 1.82) is 0 Å². The number of benzene rings is 1. The molecule has 136 valence electrons. The van der Waals surface area contributed by atoms with E-state index in [1.54, 1.807) is 32.0 Å². The van der Waals surface area contributed by atoms with E-state index in [0.29, 0.717) is 28.6 Å². The maximum absolute atomic E-state index is 13.0. The van der Waals surface area contributed by atoms with Gasteiger partial charge >= 0.3 is 0 Å². The van der Waals surface area contributed by atoms with Crippen LogP contribution in [0, 0.1) is 6.92 Å². The minimum atomic E-state index is -2.68. The van der Waals surface area contributed by atoms with Crippen molar-refractivity contribution in [3.8, 4) is 23.0 Å². The topological polar surface area (TPSA) is 75.2 Å². The molecule has 0 bridgehead atoms. The fraction of sp³-hybridized carbons (Fsp3) is 0.312. The molecule has 1 aliphatic rings. The summed E-state index contributed by atoms with van der Waals surface area (Å²) in [6.45, 7) is 3.61. The molecule has 0 fully saturated rings. The summed E-state index contributed by atoms with van der Waals surface area (Å²) in [6.07, 6.45) is -2.68. The van der Waals surface area contributed by atoms with Crippen LogP contribution in [0.3, 0.4) is 0 Å². The van der Waals surface area contributed by atoms with E-state index >= 15 is 0 Å². The monoisotopic (exact) mass is 426 g/mol. The molecule has 10 heteroatoms. The summed E-state index contributed by atoms with van der Waals surface area (Å²) in [5, 5.41) is 12.0. The Labute approximate surface area is 155 Å². The highest BCUT2D eigenvalue weighted by atomic mass is 79.9. The van der Waals surface area contributed by atoms with Gasteiger partial charge in [-0.3, -0.25) is 4.68 Å². The van der Waals surface area contributed by atoms with Crippen LogP contribution in [0.5, 0.6) is 11.5 Å². The van der Waals surface area contributed by atoms with Gasteiger partial charge in [0.25, 0.3) is 6.43 Å².